The van der Waals surface area contributed by atoms with Crippen LogP contribution < -0.4 is 5.73 Å². The van der Waals surface area contributed by atoms with E-state index < -0.39 is 0 Å². The summed E-state index contributed by atoms with van der Waals surface area (Å²) >= 11 is 0. The summed E-state index contributed by atoms with van der Waals surface area (Å²) in [4.78, 5) is 4.43. The van der Waals surface area contributed by atoms with Gasteiger partial charge in [-0.05, 0) is 25.7 Å². The van der Waals surface area contributed by atoms with Gasteiger partial charge in [-0.2, -0.15) is 0 Å². The third-order valence-corrected chi connectivity index (χ3v) is 3.70. The maximum absolute atomic E-state index is 5.92. The Bertz CT molecular complexity index is 498. The molecule has 1 heterocycles. The molecule has 1 aliphatic carbocycles. The largest absolute Gasteiger partial charge is 0.440 e. The number of rotatable bonds is 2. The van der Waals surface area contributed by atoms with Crippen molar-refractivity contribution in [3.63, 3.8) is 0 Å². The summed E-state index contributed by atoms with van der Waals surface area (Å²) in [6.45, 7) is 0. The molecule has 3 heteroatoms. The third kappa shape index (κ3) is 2.31. The second-order valence-electron chi connectivity index (χ2n) is 5.04. The quantitative estimate of drug-likeness (QED) is 0.878. The second kappa shape index (κ2) is 4.94. The zero-order chi connectivity index (χ0) is 12.4. The first-order valence-corrected chi connectivity index (χ1v) is 6.59. The van der Waals surface area contributed by atoms with Gasteiger partial charge in [-0.3, -0.25) is 0 Å². The van der Waals surface area contributed by atoms with Crippen LogP contribution in [0.25, 0.3) is 11.3 Å². The molecule has 0 amide bonds. The van der Waals surface area contributed by atoms with Gasteiger partial charge in [0.25, 0.3) is 0 Å². The smallest absolute Gasteiger partial charge is 0.198 e. The number of benzene rings is 1. The van der Waals surface area contributed by atoms with E-state index in [0.29, 0.717) is 12.0 Å². The second-order valence-corrected chi connectivity index (χ2v) is 5.04. The molecule has 1 aromatic heterocycles. The minimum absolute atomic E-state index is 0.366. The number of aromatic nitrogens is 1. The summed E-state index contributed by atoms with van der Waals surface area (Å²) in [5, 5.41) is 0. The Hall–Kier alpha value is -1.61. The van der Waals surface area contributed by atoms with Crippen LogP contribution in [0.5, 0.6) is 0 Å². The van der Waals surface area contributed by atoms with Crippen LogP contribution in [0.2, 0.25) is 0 Å². The van der Waals surface area contributed by atoms with E-state index in [2.05, 4.69) is 4.98 Å². The van der Waals surface area contributed by atoms with Crippen LogP contribution in [0.3, 0.4) is 0 Å². The number of nitrogens with zero attached hydrogens (tertiary/aromatic N) is 1. The Kier molecular flexibility index (Phi) is 3.15. The van der Waals surface area contributed by atoms with Crippen molar-refractivity contribution in [1.29, 1.82) is 0 Å². The highest BCUT2D eigenvalue weighted by Crippen LogP contribution is 2.33. The van der Waals surface area contributed by atoms with Crippen molar-refractivity contribution in [3.8, 4) is 11.3 Å². The number of hydrogen-bond donors (Lipinski definition) is 1. The van der Waals surface area contributed by atoms with E-state index in [1.807, 2.05) is 36.5 Å². The fourth-order valence-electron chi connectivity index (χ4n) is 2.58. The van der Waals surface area contributed by atoms with Gasteiger partial charge in [-0.1, -0.05) is 30.3 Å². The number of hydrogen-bond acceptors (Lipinski definition) is 3. The molecule has 0 radical (unpaired) electrons. The highest BCUT2D eigenvalue weighted by Gasteiger charge is 2.23. The van der Waals surface area contributed by atoms with Gasteiger partial charge in [0.15, 0.2) is 11.7 Å². The molecule has 0 unspecified atom stereocenters. The predicted molar refractivity (Wildman–Crippen MR) is 71.1 cm³/mol. The summed E-state index contributed by atoms with van der Waals surface area (Å²) in [6.07, 6.45) is 6.17. The molecule has 1 saturated carbocycles. The van der Waals surface area contributed by atoms with Gasteiger partial charge in [0.2, 0.25) is 0 Å². The molecule has 2 N–H and O–H groups in total. The Morgan fingerprint density at radius 2 is 1.78 bits per heavy atom. The summed E-state index contributed by atoms with van der Waals surface area (Å²) in [5.41, 5.74) is 7.01. The highest BCUT2D eigenvalue weighted by molar-refractivity contribution is 5.55. The zero-order valence-corrected chi connectivity index (χ0v) is 10.4. The van der Waals surface area contributed by atoms with Crippen molar-refractivity contribution >= 4 is 0 Å². The van der Waals surface area contributed by atoms with E-state index in [4.69, 9.17) is 10.2 Å². The lowest BCUT2D eigenvalue weighted by Gasteiger charge is -2.23. The molecule has 0 saturated heterocycles. The minimum Gasteiger partial charge on any atom is -0.440 e. The van der Waals surface area contributed by atoms with Crippen molar-refractivity contribution in [2.45, 2.75) is 37.6 Å². The van der Waals surface area contributed by atoms with Crippen LogP contribution in [0.15, 0.2) is 40.9 Å². The third-order valence-electron chi connectivity index (χ3n) is 3.70. The van der Waals surface area contributed by atoms with Crippen LogP contribution in [0, 0.1) is 0 Å². The van der Waals surface area contributed by atoms with Gasteiger partial charge in [-0.15, -0.1) is 0 Å². The van der Waals surface area contributed by atoms with Crippen LogP contribution in [-0.4, -0.2) is 11.0 Å². The molecular formula is C15H18N2O. The van der Waals surface area contributed by atoms with Crippen LogP contribution in [0.4, 0.5) is 0 Å². The molecule has 0 bridgehead atoms. The van der Waals surface area contributed by atoms with Gasteiger partial charge < -0.3 is 10.2 Å². The molecule has 1 aromatic carbocycles. The fraction of sp³-hybridized carbons (Fsp3) is 0.400. The summed E-state index contributed by atoms with van der Waals surface area (Å²) in [7, 11) is 0. The van der Waals surface area contributed by atoms with Gasteiger partial charge in [0.1, 0.15) is 0 Å². The van der Waals surface area contributed by atoms with Gasteiger partial charge in [0, 0.05) is 17.5 Å². The normalized spacial score (nSPS) is 24.1. The highest BCUT2D eigenvalue weighted by atomic mass is 16.4. The molecule has 1 aliphatic rings. The van der Waals surface area contributed by atoms with E-state index in [1.165, 1.54) is 0 Å². The van der Waals surface area contributed by atoms with Crippen molar-refractivity contribution < 1.29 is 4.42 Å². The van der Waals surface area contributed by atoms with Crippen molar-refractivity contribution in [2.75, 3.05) is 0 Å². The number of nitrogens with two attached hydrogens (primary N) is 1. The van der Waals surface area contributed by atoms with E-state index in [-0.39, 0.29) is 0 Å². The summed E-state index contributed by atoms with van der Waals surface area (Å²) < 4.78 is 5.89. The lowest BCUT2D eigenvalue weighted by Crippen LogP contribution is -2.25. The van der Waals surface area contributed by atoms with Crippen LogP contribution in [-0.2, 0) is 0 Å². The van der Waals surface area contributed by atoms with E-state index in [1.54, 1.807) is 0 Å². The SMILES string of the molecule is NC1CCC(c2ncc(-c3ccccc3)o2)CC1. The topological polar surface area (TPSA) is 52.0 Å². The van der Waals surface area contributed by atoms with Gasteiger partial charge in [0.05, 0.1) is 6.20 Å². The summed E-state index contributed by atoms with van der Waals surface area (Å²) in [6, 6.07) is 10.5. The van der Waals surface area contributed by atoms with Crippen LogP contribution in [0.1, 0.15) is 37.5 Å². The van der Waals surface area contributed by atoms with Gasteiger partial charge in [-0.25, -0.2) is 4.98 Å². The molecule has 3 rings (SSSR count). The monoisotopic (exact) mass is 242 g/mol. The molecule has 0 atom stereocenters. The van der Waals surface area contributed by atoms with Crippen molar-refractivity contribution in [2.24, 2.45) is 5.73 Å². The molecule has 3 nitrogen and oxygen atoms in total. The average molecular weight is 242 g/mol. The minimum atomic E-state index is 0.366. The summed E-state index contributed by atoms with van der Waals surface area (Å²) in [5.74, 6) is 2.18. The maximum atomic E-state index is 5.92. The first kappa shape index (κ1) is 11.5. The Balaban J connectivity index is 1.78. The Labute approximate surface area is 107 Å². The average Bonchev–Trinajstić information content (AvgIpc) is 2.90. The van der Waals surface area contributed by atoms with E-state index >= 15 is 0 Å². The molecule has 0 spiro atoms. The molecule has 94 valence electrons. The molecule has 1 fully saturated rings. The van der Waals surface area contributed by atoms with Gasteiger partial charge >= 0.3 is 0 Å². The predicted octanol–water partition coefficient (Wildman–Crippen LogP) is 3.33. The molecule has 2 aromatic rings. The standard InChI is InChI=1S/C15H18N2O/c16-13-8-6-12(7-9-13)15-17-10-14(18-15)11-4-2-1-3-5-11/h1-5,10,12-13H,6-9,16H2. The van der Waals surface area contributed by atoms with Crippen LogP contribution >= 0.6 is 0 Å². The van der Waals surface area contributed by atoms with E-state index in [0.717, 1.165) is 42.9 Å². The fourth-order valence-corrected chi connectivity index (χ4v) is 2.58. The van der Waals surface area contributed by atoms with E-state index in [9.17, 15) is 0 Å². The first-order valence-electron chi connectivity index (χ1n) is 6.59. The lowest BCUT2D eigenvalue weighted by atomic mass is 9.86. The molecule has 0 aliphatic heterocycles. The molecule has 18 heavy (non-hydrogen) atoms. The Morgan fingerprint density at radius 1 is 1.06 bits per heavy atom. The Morgan fingerprint density at radius 3 is 2.50 bits per heavy atom. The maximum Gasteiger partial charge on any atom is 0.198 e. The molecular weight excluding hydrogens is 224 g/mol. The van der Waals surface area contributed by atoms with Crippen molar-refractivity contribution in [3.05, 3.63) is 42.4 Å². The zero-order valence-electron chi connectivity index (χ0n) is 10.4. The first-order chi connectivity index (χ1) is 8.83. The van der Waals surface area contributed by atoms with Crippen molar-refractivity contribution in [1.82, 2.24) is 4.98 Å². The lowest BCUT2D eigenvalue weighted by molar-refractivity contribution is 0.341. The number of oxazole rings is 1.